The largest absolute Gasteiger partial charge is 0.391 e. The van der Waals surface area contributed by atoms with Crippen LogP contribution in [0, 0.1) is 5.92 Å². The molecule has 0 aliphatic carbocycles. The maximum Gasteiger partial charge on any atom is 0.243 e. The van der Waals surface area contributed by atoms with Crippen molar-refractivity contribution in [3.63, 3.8) is 0 Å². The maximum atomic E-state index is 9.90. The molecule has 1 aromatic rings. The predicted octanol–water partition coefficient (Wildman–Crippen LogP) is 0.576. The number of nitrogens with one attached hydrogen (secondary N) is 2. The number of nitrogens with two attached hydrogens (primary N) is 1. The minimum Gasteiger partial charge on any atom is -0.391 e. The molecule has 1 aliphatic rings. The Labute approximate surface area is 125 Å². The molecule has 1 aliphatic heterocycles. The standard InChI is InChI=1S/C13H25N7O/c1-9(2)7-10(21)8-15-11-16-12(19-14)18-13(17-11)20-5-3-4-6-20/h9-10,21H,3-8,14H2,1-2H3,(H2,15,16,17,18,19). The summed E-state index contributed by atoms with van der Waals surface area (Å²) in [6.45, 7) is 6.46. The van der Waals surface area contributed by atoms with E-state index in [1.807, 2.05) is 0 Å². The van der Waals surface area contributed by atoms with Crippen LogP contribution in [0.4, 0.5) is 17.8 Å². The van der Waals surface area contributed by atoms with Gasteiger partial charge >= 0.3 is 0 Å². The van der Waals surface area contributed by atoms with Crippen LogP contribution in [0.3, 0.4) is 0 Å². The lowest BCUT2D eigenvalue weighted by atomic mass is 10.1. The Bertz CT molecular complexity index is 448. The number of hydrogen-bond donors (Lipinski definition) is 4. The molecule has 5 N–H and O–H groups in total. The van der Waals surface area contributed by atoms with Gasteiger partial charge in [-0.25, -0.2) is 5.84 Å². The number of aliphatic hydroxyl groups excluding tert-OH is 1. The van der Waals surface area contributed by atoms with Gasteiger partial charge in [0.25, 0.3) is 0 Å². The average Bonchev–Trinajstić information content (AvgIpc) is 2.98. The van der Waals surface area contributed by atoms with Crippen LogP contribution in [-0.2, 0) is 0 Å². The molecule has 118 valence electrons. The fraction of sp³-hybridized carbons (Fsp3) is 0.769. The first-order valence-corrected chi connectivity index (χ1v) is 7.48. The number of anilines is 3. The lowest BCUT2D eigenvalue weighted by Crippen LogP contribution is -2.25. The Morgan fingerprint density at radius 1 is 1.19 bits per heavy atom. The molecular formula is C13H25N7O. The zero-order valence-corrected chi connectivity index (χ0v) is 12.7. The molecule has 0 saturated carbocycles. The molecule has 1 unspecified atom stereocenters. The molecule has 0 aromatic carbocycles. The number of hydrogen-bond acceptors (Lipinski definition) is 8. The Kier molecular flexibility index (Phi) is 5.51. The van der Waals surface area contributed by atoms with Gasteiger partial charge in [0.15, 0.2) is 0 Å². The van der Waals surface area contributed by atoms with E-state index in [1.165, 1.54) is 0 Å². The van der Waals surface area contributed by atoms with Gasteiger partial charge in [0, 0.05) is 19.6 Å². The molecule has 8 nitrogen and oxygen atoms in total. The summed E-state index contributed by atoms with van der Waals surface area (Å²) in [6.07, 6.45) is 2.60. The van der Waals surface area contributed by atoms with Crippen molar-refractivity contribution in [2.45, 2.75) is 39.2 Å². The monoisotopic (exact) mass is 295 g/mol. The van der Waals surface area contributed by atoms with Gasteiger partial charge in [-0.3, -0.25) is 5.43 Å². The normalized spacial score (nSPS) is 16.3. The second-order valence-corrected chi connectivity index (χ2v) is 5.79. The Morgan fingerprint density at radius 2 is 1.86 bits per heavy atom. The summed E-state index contributed by atoms with van der Waals surface area (Å²) in [6, 6.07) is 0. The first-order chi connectivity index (χ1) is 10.1. The van der Waals surface area contributed by atoms with Gasteiger partial charge in [-0.2, -0.15) is 15.0 Å². The average molecular weight is 295 g/mol. The zero-order chi connectivity index (χ0) is 15.2. The molecule has 21 heavy (non-hydrogen) atoms. The highest BCUT2D eigenvalue weighted by molar-refractivity contribution is 5.43. The number of hydrazine groups is 1. The van der Waals surface area contributed by atoms with Crippen LogP contribution >= 0.6 is 0 Å². The van der Waals surface area contributed by atoms with E-state index < -0.39 is 6.10 Å². The van der Waals surface area contributed by atoms with E-state index in [2.05, 4.69) is 44.4 Å². The third kappa shape index (κ3) is 4.68. The van der Waals surface area contributed by atoms with E-state index >= 15 is 0 Å². The molecule has 1 atom stereocenters. The van der Waals surface area contributed by atoms with E-state index in [1.54, 1.807) is 0 Å². The molecule has 0 radical (unpaired) electrons. The molecule has 1 fully saturated rings. The van der Waals surface area contributed by atoms with Crippen LogP contribution in [0.5, 0.6) is 0 Å². The maximum absolute atomic E-state index is 9.90. The van der Waals surface area contributed by atoms with Crippen molar-refractivity contribution in [1.82, 2.24) is 15.0 Å². The summed E-state index contributed by atoms with van der Waals surface area (Å²) in [7, 11) is 0. The zero-order valence-electron chi connectivity index (χ0n) is 12.7. The first-order valence-electron chi connectivity index (χ1n) is 7.48. The molecule has 0 amide bonds. The van der Waals surface area contributed by atoms with Gasteiger partial charge in [0.2, 0.25) is 17.8 Å². The number of rotatable bonds is 7. The summed E-state index contributed by atoms with van der Waals surface area (Å²) in [5, 5.41) is 13.0. The number of aromatic nitrogens is 3. The second-order valence-electron chi connectivity index (χ2n) is 5.79. The minimum atomic E-state index is -0.425. The Morgan fingerprint density at radius 3 is 2.48 bits per heavy atom. The first kappa shape index (κ1) is 15.7. The van der Waals surface area contributed by atoms with Crippen molar-refractivity contribution in [2.24, 2.45) is 11.8 Å². The van der Waals surface area contributed by atoms with E-state index in [9.17, 15) is 5.11 Å². The van der Waals surface area contributed by atoms with Gasteiger partial charge in [-0.15, -0.1) is 0 Å². The van der Waals surface area contributed by atoms with Gasteiger partial charge in [0.05, 0.1) is 6.10 Å². The van der Waals surface area contributed by atoms with Crippen LogP contribution in [0.1, 0.15) is 33.1 Å². The minimum absolute atomic E-state index is 0.327. The van der Waals surface area contributed by atoms with Crippen LogP contribution in [0.15, 0.2) is 0 Å². The van der Waals surface area contributed by atoms with E-state index in [0.29, 0.717) is 30.3 Å². The fourth-order valence-electron chi connectivity index (χ4n) is 2.40. The third-order valence-corrected chi connectivity index (χ3v) is 3.38. The molecule has 1 aromatic heterocycles. The molecule has 0 bridgehead atoms. The SMILES string of the molecule is CC(C)CC(O)CNc1nc(NN)nc(N2CCCC2)n1. The van der Waals surface area contributed by atoms with E-state index in [-0.39, 0.29) is 0 Å². The molecule has 0 spiro atoms. The van der Waals surface area contributed by atoms with E-state index in [0.717, 1.165) is 32.4 Å². The highest BCUT2D eigenvalue weighted by Crippen LogP contribution is 2.18. The summed E-state index contributed by atoms with van der Waals surface area (Å²) in [4.78, 5) is 15.0. The second kappa shape index (κ2) is 7.37. The predicted molar refractivity (Wildman–Crippen MR) is 83.0 cm³/mol. The fourth-order valence-corrected chi connectivity index (χ4v) is 2.40. The number of nitrogen functional groups attached to an aromatic ring is 1. The van der Waals surface area contributed by atoms with Gasteiger partial charge in [-0.1, -0.05) is 13.8 Å². The summed E-state index contributed by atoms with van der Waals surface area (Å²) in [5.41, 5.74) is 2.46. The van der Waals surface area contributed by atoms with Crippen LogP contribution < -0.4 is 21.5 Å². The van der Waals surface area contributed by atoms with Crippen LogP contribution in [0.25, 0.3) is 0 Å². The van der Waals surface area contributed by atoms with Gasteiger partial charge in [-0.05, 0) is 25.2 Å². The molecule has 8 heteroatoms. The quantitative estimate of drug-likeness (QED) is 0.427. The van der Waals surface area contributed by atoms with Gasteiger partial charge in [0.1, 0.15) is 0 Å². The van der Waals surface area contributed by atoms with Crippen LogP contribution in [0.2, 0.25) is 0 Å². The van der Waals surface area contributed by atoms with Gasteiger partial charge < -0.3 is 15.3 Å². The van der Waals surface area contributed by atoms with Crippen molar-refractivity contribution < 1.29 is 5.11 Å². The molecule has 2 heterocycles. The van der Waals surface area contributed by atoms with Crippen molar-refractivity contribution in [3.05, 3.63) is 0 Å². The van der Waals surface area contributed by atoms with Crippen molar-refractivity contribution in [1.29, 1.82) is 0 Å². The smallest absolute Gasteiger partial charge is 0.243 e. The molecule has 1 saturated heterocycles. The lowest BCUT2D eigenvalue weighted by molar-refractivity contribution is 0.161. The third-order valence-electron chi connectivity index (χ3n) is 3.38. The Hall–Kier alpha value is -1.67. The number of aliphatic hydroxyl groups is 1. The Balaban J connectivity index is 2.02. The molecular weight excluding hydrogens is 270 g/mol. The highest BCUT2D eigenvalue weighted by atomic mass is 16.3. The van der Waals surface area contributed by atoms with E-state index in [4.69, 9.17) is 5.84 Å². The topological polar surface area (TPSA) is 112 Å². The molecule has 2 rings (SSSR count). The summed E-state index contributed by atoms with van der Waals surface area (Å²) >= 11 is 0. The van der Waals surface area contributed by atoms with Crippen molar-refractivity contribution in [3.8, 4) is 0 Å². The van der Waals surface area contributed by atoms with Crippen molar-refractivity contribution in [2.75, 3.05) is 35.3 Å². The van der Waals surface area contributed by atoms with Crippen molar-refractivity contribution >= 4 is 17.8 Å². The number of nitrogens with zero attached hydrogens (tertiary/aromatic N) is 4. The lowest BCUT2D eigenvalue weighted by Gasteiger charge is -2.18. The van der Waals surface area contributed by atoms with Crippen LogP contribution in [-0.4, -0.2) is 45.8 Å². The summed E-state index contributed by atoms with van der Waals surface area (Å²) < 4.78 is 0. The highest BCUT2D eigenvalue weighted by Gasteiger charge is 2.17. The summed E-state index contributed by atoms with van der Waals surface area (Å²) in [5.74, 6) is 7.24.